The van der Waals surface area contributed by atoms with E-state index in [2.05, 4.69) is 32.0 Å². The summed E-state index contributed by atoms with van der Waals surface area (Å²) in [5.41, 5.74) is 4.22. The van der Waals surface area contributed by atoms with Crippen molar-refractivity contribution in [1.82, 2.24) is 0 Å². The van der Waals surface area contributed by atoms with E-state index in [0.717, 1.165) is 41.7 Å². The van der Waals surface area contributed by atoms with Crippen LogP contribution in [0.4, 0.5) is 0 Å². The average molecular weight is 411 g/mol. The van der Waals surface area contributed by atoms with Gasteiger partial charge in [-0.2, -0.15) is 0 Å². The molecular formula is C26H34O4. The van der Waals surface area contributed by atoms with Crippen molar-refractivity contribution < 1.29 is 19.1 Å². The second-order valence-corrected chi connectivity index (χ2v) is 8.53. The van der Waals surface area contributed by atoms with Gasteiger partial charge >= 0.3 is 5.97 Å². The molecule has 0 fully saturated rings. The molecule has 0 saturated carbocycles. The van der Waals surface area contributed by atoms with E-state index in [0.29, 0.717) is 18.6 Å². The number of hydrogen-bond donors (Lipinski definition) is 0. The third-order valence-corrected chi connectivity index (χ3v) is 5.65. The van der Waals surface area contributed by atoms with E-state index in [-0.39, 0.29) is 17.2 Å². The quantitative estimate of drug-likeness (QED) is 0.270. The van der Waals surface area contributed by atoms with Gasteiger partial charge in [-0.05, 0) is 68.0 Å². The minimum Gasteiger partial charge on any atom is -0.496 e. The molecule has 0 atom stereocenters. The van der Waals surface area contributed by atoms with Crippen molar-refractivity contribution >= 4 is 11.8 Å². The van der Waals surface area contributed by atoms with Crippen molar-refractivity contribution in [2.75, 3.05) is 7.11 Å². The second-order valence-electron chi connectivity index (χ2n) is 8.53. The van der Waals surface area contributed by atoms with Crippen LogP contribution in [-0.4, -0.2) is 18.9 Å². The lowest BCUT2D eigenvalue weighted by atomic mass is 9.77. The first-order valence-corrected chi connectivity index (χ1v) is 10.6. The Balaban J connectivity index is 2.04. The number of methoxy groups -OCH3 is 1. The fraction of sp³-hybridized carbons (Fsp3) is 0.462. The molecule has 0 aliphatic carbocycles. The summed E-state index contributed by atoms with van der Waals surface area (Å²) in [6.45, 7) is 9.99. The molecule has 0 heterocycles. The Morgan fingerprint density at radius 1 is 0.833 bits per heavy atom. The number of ketones is 1. The molecule has 0 amide bonds. The highest BCUT2D eigenvalue weighted by Crippen LogP contribution is 2.35. The van der Waals surface area contributed by atoms with Crippen molar-refractivity contribution in [3.63, 3.8) is 0 Å². The number of carbonyl (C=O) groups excluding carboxylic acids is 2. The van der Waals surface area contributed by atoms with Crippen LogP contribution in [-0.2, 0) is 15.0 Å². The van der Waals surface area contributed by atoms with E-state index in [9.17, 15) is 9.59 Å². The number of esters is 1. The second kappa shape index (κ2) is 10.4. The first kappa shape index (κ1) is 23.7. The van der Waals surface area contributed by atoms with Crippen LogP contribution in [0.15, 0.2) is 36.4 Å². The summed E-state index contributed by atoms with van der Waals surface area (Å²) in [7, 11) is 1.68. The van der Waals surface area contributed by atoms with Gasteiger partial charge in [-0.3, -0.25) is 4.79 Å². The van der Waals surface area contributed by atoms with Crippen LogP contribution in [0.25, 0.3) is 0 Å². The highest BCUT2D eigenvalue weighted by atomic mass is 16.5. The Kier molecular flexibility index (Phi) is 8.22. The highest BCUT2D eigenvalue weighted by Gasteiger charge is 2.24. The topological polar surface area (TPSA) is 52.6 Å². The largest absolute Gasteiger partial charge is 0.496 e. The predicted octanol–water partition coefficient (Wildman–Crippen LogP) is 6.08. The molecule has 0 radical (unpaired) electrons. The van der Waals surface area contributed by atoms with Crippen molar-refractivity contribution in [3.8, 4) is 11.5 Å². The van der Waals surface area contributed by atoms with E-state index in [1.807, 2.05) is 32.0 Å². The number of benzene rings is 2. The minimum absolute atomic E-state index is 0.193. The van der Waals surface area contributed by atoms with Gasteiger partial charge in [0, 0.05) is 18.3 Å². The Hall–Kier alpha value is -2.62. The van der Waals surface area contributed by atoms with Gasteiger partial charge < -0.3 is 14.3 Å². The molecule has 0 bridgehead atoms. The number of aryl methyl sites for hydroxylation is 2. The van der Waals surface area contributed by atoms with Gasteiger partial charge in [-0.25, -0.2) is 0 Å². The first-order valence-electron chi connectivity index (χ1n) is 10.6. The lowest BCUT2D eigenvalue weighted by Gasteiger charge is -2.27. The molecule has 0 unspecified atom stereocenters. The molecule has 0 N–H and O–H groups in total. The Bertz CT molecular complexity index is 896. The molecule has 162 valence electrons. The summed E-state index contributed by atoms with van der Waals surface area (Å²) in [4.78, 5) is 23.1. The third kappa shape index (κ3) is 6.19. The van der Waals surface area contributed by atoms with Crippen LogP contribution in [0, 0.1) is 13.8 Å². The third-order valence-electron chi connectivity index (χ3n) is 5.65. The molecule has 4 nitrogen and oxygen atoms in total. The molecule has 0 spiro atoms. The molecule has 30 heavy (non-hydrogen) atoms. The maximum atomic E-state index is 12.2. The molecule has 0 aromatic heterocycles. The van der Waals surface area contributed by atoms with Crippen LogP contribution in [0.5, 0.6) is 11.5 Å². The number of rotatable bonds is 10. The molecule has 2 aromatic rings. The van der Waals surface area contributed by atoms with Gasteiger partial charge in [0.2, 0.25) is 0 Å². The first-order chi connectivity index (χ1) is 14.1. The van der Waals surface area contributed by atoms with E-state index >= 15 is 0 Å². The molecule has 0 aliphatic heterocycles. The van der Waals surface area contributed by atoms with Crippen LogP contribution >= 0.6 is 0 Å². The van der Waals surface area contributed by atoms with Crippen LogP contribution in [0.2, 0.25) is 0 Å². The van der Waals surface area contributed by atoms with Gasteiger partial charge in [-0.1, -0.05) is 44.5 Å². The smallest absolute Gasteiger partial charge is 0.311 e. The maximum Gasteiger partial charge on any atom is 0.311 e. The number of carbonyl (C=O) groups is 2. The molecular weight excluding hydrogens is 376 g/mol. The van der Waals surface area contributed by atoms with Crippen molar-refractivity contribution in [1.29, 1.82) is 0 Å². The van der Waals surface area contributed by atoms with Gasteiger partial charge in [0.1, 0.15) is 17.3 Å². The highest BCUT2D eigenvalue weighted by molar-refractivity contribution is 5.75. The van der Waals surface area contributed by atoms with Crippen molar-refractivity contribution in [3.05, 3.63) is 58.7 Å². The zero-order chi connectivity index (χ0) is 22.3. The summed E-state index contributed by atoms with van der Waals surface area (Å²) in [5.74, 6) is 1.46. The maximum absolute atomic E-state index is 12.2. The Morgan fingerprint density at radius 2 is 1.37 bits per heavy atom. The molecule has 2 aromatic carbocycles. The van der Waals surface area contributed by atoms with E-state index in [1.54, 1.807) is 14.0 Å². The molecule has 2 rings (SSSR count). The van der Waals surface area contributed by atoms with E-state index in [4.69, 9.17) is 9.47 Å². The monoisotopic (exact) mass is 410 g/mol. The average Bonchev–Trinajstić information content (AvgIpc) is 2.68. The standard InChI is InChI=1S/C26H34O4/c1-18-16-21(12-14-23(18)29-6)26(4,5)22-13-15-24(19(2)17-22)30-25(28)11-9-7-8-10-20(3)27/h12-17H,7-11H2,1-6H3. The SMILES string of the molecule is COc1ccc(C(C)(C)c2ccc(OC(=O)CCCCCC(C)=O)c(C)c2)cc1C. The zero-order valence-corrected chi connectivity index (χ0v) is 19.1. The molecule has 0 aliphatic rings. The van der Waals surface area contributed by atoms with Crippen molar-refractivity contribution in [2.24, 2.45) is 0 Å². The van der Waals surface area contributed by atoms with Crippen LogP contribution in [0.3, 0.4) is 0 Å². The van der Waals surface area contributed by atoms with Crippen LogP contribution < -0.4 is 9.47 Å². The number of Topliss-reactive ketones (excluding diaryl/α,β-unsaturated/α-hetero) is 1. The van der Waals surface area contributed by atoms with E-state index in [1.165, 1.54) is 5.56 Å². The summed E-state index contributed by atoms with van der Waals surface area (Å²) < 4.78 is 11.0. The van der Waals surface area contributed by atoms with Gasteiger partial charge in [0.15, 0.2) is 0 Å². The fourth-order valence-corrected chi connectivity index (χ4v) is 3.58. The number of ether oxygens (including phenoxy) is 2. The summed E-state index contributed by atoms with van der Waals surface area (Å²) in [6.07, 6.45) is 3.39. The molecule has 4 heteroatoms. The van der Waals surface area contributed by atoms with Gasteiger partial charge in [-0.15, -0.1) is 0 Å². The lowest BCUT2D eigenvalue weighted by Crippen LogP contribution is -2.19. The number of hydrogen-bond acceptors (Lipinski definition) is 4. The zero-order valence-electron chi connectivity index (χ0n) is 19.1. The lowest BCUT2D eigenvalue weighted by molar-refractivity contribution is -0.134. The van der Waals surface area contributed by atoms with E-state index < -0.39 is 0 Å². The summed E-state index contributed by atoms with van der Waals surface area (Å²) >= 11 is 0. The summed E-state index contributed by atoms with van der Waals surface area (Å²) in [5, 5.41) is 0. The fourth-order valence-electron chi connectivity index (χ4n) is 3.58. The minimum atomic E-state index is -0.223. The predicted molar refractivity (Wildman–Crippen MR) is 120 cm³/mol. The Labute approximate surface area is 180 Å². The number of unbranched alkanes of at least 4 members (excludes halogenated alkanes) is 2. The normalized spacial score (nSPS) is 11.3. The van der Waals surface area contributed by atoms with Gasteiger partial charge in [0.05, 0.1) is 7.11 Å². The Morgan fingerprint density at radius 3 is 1.87 bits per heavy atom. The molecule has 0 saturated heterocycles. The van der Waals surface area contributed by atoms with Crippen LogP contribution in [0.1, 0.15) is 75.1 Å². The van der Waals surface area contributed by atoms with Crippen molar-refractivity contribution in [2.45, 2.75) is 72.1 Å². The van der Waals surface area contributed by atoms with Gasteiger partial charge in [0.25, 0.3) is 0 Å². The summed E-state index contributed by atoms with van der Waals surface area (Å²) in [6, 6.07) is 12.3.